The van der Waals surface area contributed by atoms with Gasteiger partial charge < -0.3 is 14.3 Å². The first-order valence-corrected chi connectivity index (χ1v) is 8.05. The predicted molar refractivity (Wildman–Crippen MR) is 93.4 cm³/mol. The molecular formula is C17H11Cl3O4. The zero-order valence-electron chi connectivity index (χ0n) is 12.2. The van der Waals surface area contributed by atoms with E-state index in [-0.39, 0.29) is 13.0 Å². The van der Waals surface area contributed by atoms with E-state index in [4.69, 9.17) is 49.1 Å². The molecule has 0 radical (unpaired) electrons. The Morgan fingerprint density at radius 1 is 1.08 bits per heavy atom. The maximum absolute atomic E-state index is 10.9. The Bertz CT molecular complexity index is 918. The third-order valence-electron chi connectivity index (χ3n) is 3.45. The Hall–Kier alpha value is -1.88. The Morgan fingerprint density at radius 2 is 1.88 bits per heavy atom. The summed E-state index contributed by atoms with van der Waals surface area (Å²) in [5.74, 6) is -0.516. The molecular weight excluding hydrogens is 375 g/mol. The molecule has 0 aliphatic heterocycles. The molecule has 0 amide bonds. The SMILES string of the molecule is O=C(O)Cc1coc2cc(OCc3ccc(Cl)cc3Cl)c(Cl)cc12. The van der Waals surface area contributed by atoms with Gasteiger partial charge in [-0.25, -0.2) is 0 Å². The standard InChI is InChI=1S/C17H11Cl3O4/c18-11-2-1-9(13(19)4-11)7-24-16-6-15-12(5-14(16)20)10(8-23-15)3-17(21)22/h1-2,4-6,8H,3,7H2,(H,21,22). The van der Waals surface area contributed by atoms with E-state index < -0.39 is 5.97 Å². The van der Waals surface area contributed by atoms with Crippen LogP contribution in [0, 0.1) is 0 Å². The number of furan rings is 1. The highest BCUT2D eigenvalue weighted by molar-refractivity contribution is 6.35. The van der Waals surface area contributed by atoms with Crippen LogP contribution in [0.15, 0.2) is 41.0 Å². The van der Waals surface area contributed by atoms with Crippen molar-refractivity contribution in [1.29, 1.82) is 0 Å². The number of benzene rings is 2. The van der Waals surface area contributed by atoms with Crippen molar-refractivity contribution in [2.24, 2.45) is 0 Å². The highest BCUT2D eigenvalue weighted by atomic mass is 35.5. The first-order chi connectivity index (χ1) is 11.4. The summed E-state index contributed by atoms with van der Waals surface area (Å²) in [4.78, 5) is 10.9. The van der Waals surface area contributed by atoms with Gasteiger partial charge in [0.05, 0.1) is 17.7 Å². The molecule has 0 aliphatic rings. The number of hydrogen-bond acceptors (Lipinski definition) is 3. The van der Waals surface area contributed by atoms with Gasteiger partial charge in [-0.1, -0.05) is 40.9 Å². The molecule has 7 heteroatoms. The van der Waals surface area contributed by atoms with E-state index in [1.165, 1.54) is 6.26 Å². The van der Waals surface area contributed by atoms with Crippen molar-refractivity contribution >= 4 is 51.7 Å². The smallest absolute Gasteiger partial charge is 0.307 e. The van der Waals surface area contributed by atoms with Crippen LogP contribution in [0.1, 0.15) is 11.1 Å². The van der Waals surface area contributed by atoms with Crippen LogP contribution in [-0.2, 0) is 17.8 Å². The van der Waals surface area contributed by atoms with E-state index in [1.807, 2.05) is 0 Å². The number of carboxylic acid groups (broad SMARTS) is 1. The number of ether oxygens (including phenoxy) is 1. The van der Waals surface area contributed by atoms with Crippen LogP contribution in [0.3, 0.4) is 0 Å². The van der Waals surface area contributed by atoms with E-state index in [1.54, 1.807) is 30.3 Å². The van der Waals surface area contributed by atoms with Crippen molar-refractivity contribution in [2.75, 3.05) is 0 Å². The molecule has 0 saturated heterocycles. The molecule has 1 aromatic heterocycles. The Balaban J connectivity index is 1.84. The van der Waals surface area contributed by atoms with Crippen molar-refractivity contribution in [3.8, 4) is 5.75 Å². The van der Waals surface area contributed by atoms with E-state index in [9.17, 15) is 4.79 Å². The number of fused-ring (bicyclic) bond motifs is 1. The lowest BCUT2D eigenvalue weighted by atomic mass is 10.1. The van der Waals surface area contributed by atoms with Gasteiger partial charge in [-0.2, -0.15) is 0 Å². The number of carboxylic acids is 1. The van der Waals surface area contributed by atoms with Gasteiger partial charge >= 0.3 is 5.97 Å². The molecule has 1 heterocycles. The van der Waals surface area contributed by atoms with Gasteiger partial charge in [-0.3, -0.25) is 4.79 Å². The van der Waals surface area contributed by atoms with Gasteiger partial charge in [0.15, 0.2) is 0 Å². The third-order valence-corrected chi connectivity index (χ3v) is 4.33. The summed E-state index contributed by atoms with van der Waals surface area (Å²) in [5.41, 5.74) is 1.84. The van der Waals surface area contributed by atoms with Gasteiger partial charge in [0, 0.05) is 32.6 Å². The summed E-state index contributed by atoms with van der Waals surface area (Å²) in [7, 11) is 0. The number of carbonyl (C=O) groups is 1. The molecule has 4 nitrogen and oxygen atoms in total. The molecule has 3 rings (SSSR count). The monoisotopic (exact) mass is 384 g/mol. The van der Waals surface area contributed by atoms with Crippen molar-refractivity contribution in [3.63, 3.8) is 0 Å². The molecule has 1 N–H and O–H groups in total. The highest BCUT2D eigenvalue weighted by Gasteiger charge is 2.14. The minimum Gasteiger partial charge on any atom is -0.487 e. The van der Waals surface area contributed by atoms with E-state index in [0.29, 0.717) is 37.4 Å². The van der Waals surface area contributed by atoms with Crippen LogP contribution < -0.4 is 4.74 Å². The zero-order valence-corrected chi connectivity index (χ0v) is 14.5. The van der Waals surface area contributed by atoms with Crippen molar-refractivity contribution in [2.45, 2.75) is 13.0 Å². The molecule has 0 aliphatic carbocycles. The largest absolute Gasteiger partial charge is 0.487 e. The highest BCUT2D eigenvalue weighted by Crippen LogP contribution is 2.34. The number of aliphatic carboxylic acids is 1. The van der Waals surface area contributed by atoms with Gasteiger partial charge in [0.1, 0.15) is 17.9 Å². The Labute approximate surface area is 152 Å². The molecule has 0 bridgehead atoms. The first-order valence-electron chi connectivity index (χ1n) is 6.92. The summed E-state index contributed by atoms with van der Waals surface area (Å²) in [5, 5.41) is 11.0. The molecule has 2 aromatic carbocycles. The van der Waals surface area contributed by atoms with Crippen LogP contribution in [0.5, 0.6) is 5.75 Å². The van der Waals surface area contributed by atoms with E-state index in [2.05, 4.69) is 0 Å². The zero-order chi connectivity index (χ0) is 17.3. The summed E-state index contributed by atoms with van der Waals surface area (Å²) in [6, 6.07) is 8.40. The van der Waals surface area contributed by atoms with Gasteiger partial charge in [-0.15, -0.1) is 0 Å². The molecule has 3 aromatic rings. The Kier molecular flexibility index (Phi) is 4.90. The van der Waals surface area contributed by atoms with Crippen LogP contribution in [-0.4, -0.2) is 11.1 Å². The second kappa shape index (κ2) is 6.93. The third kappa shape index (κ3) is 3.61. The molecule has 0 saturated carbocycles. The average molecular weight is 386 g/mol. The second-order valence-electron chi connectivity index (χ2n) is 5.13. The van der Waals surface area contributed by atoms with E-state index >= 15 is 0 Å². The van der Waals surface area contributed by atoms with Crippen molar-refractivity contribution in [1.82, 2.24) is 0 Å². The van der Waals surface area contributed by atoms with Crippen LogP contribution in [0.2, 0.25) is 15.1 Å². The molecule has 0 spiro atoms. The fraction of sp³-hybridized carbons (Fsp3) is 0.118. The summed E-state index contributed by atoms with van der Waals surface area (Å²) in [6.07, 6.45) is 1.28. The molecule has 0 unspecified atom stereocenters. The summed E-state index contributed by atoms with van der Waals surface area (Å²) in [6.45, 7) is 0.212. The van der Waals surface area contributed by atoms with Crippen LogP contribution in [0.4, 0.5) is 0 Å². The topological polar surface area (TPSA) is 59.7 Å². The first kappa shape index (κ1) is 17.0. The maximum Gasteiger partial charge on any atom is 0.307 e. The van der Waals surface area contributed by atoms with Crippen molar-refractivity contribution < 1.29 is 19.1 Å². The summed E-state index contributed by atoms with van der Waals surface area (Å²) < 4.78 is 11.1. The lowest BCUT2D eigenvalue weighted by molar-refractivity contribution is -0.136. The lowest BCUT2D eigenvalue weighted by Crippen LogP contribution is -1.99. The number of hydrogen-bond donors (Lipinski definition) is 1. The number of rotatable bonds is 5. The van der Waals surface area contributed by atoms with Crippen LogP contribution in [0.25, 0.3) is 11.0 Å². The molecule has 0 atom stereocenters. The minimum atomic E-state index is -0.938. The maximum atomic E-state index is 10.9. The predicted octanol–water partition coefficient (Wildman–Crippen LogP) is 5.60. The van der Waals surface area contributed by atoms with Gasteiger partial charge in [0.25, 0.3) is 0 Å². The molecule has 24 heavy (non-hydrogen) atoms. The lowest BCUT2D eigenvalue weighted by Gasteiger charge is -2.10. The second-order valence-corrected chi connectivity index (χ2v) is 6.39. The van der Waals surface area contributed by atoms with Gasteiger partial charge in [0.2, 0.25) is 0 Å². The van der Waals surface area contributed by atoms with Crippen LogP contribution >= 0.6 is 34.8 Å². The Morgan fingerprint density at radius 3 is 2.58 bits per heavy atom. The minimum absolute atomic E-state index is 0.135. The molecule has 0 fully saturated rings. The average Bonchev–Trinajstić information content (AvgIpc) is 2.87. The van der Waals surface area contributed by atoms with E-state index in [0.717, 1.165) is 5.56 Å². The summed E-state index contributed by atoms with van der Waals surface area (Å²) >= 11 is 18.2. The normalized spacial score (nSPS) is 11.0. The quantitative estimate of drug-likeness (QED) is 0.621. The fourth-order valence-electron chi connectivity index (χ4n) is 2.29. The molecule has 124 valence electrons. The van der Waals surface area contributed by atoms with Crippen molar-refractivity contribution in [3.05, 3.63) is 62.8 Å². The van der Waals surface area contributed by atoms with Gasteiger partial charge in [-0.05, 0) is 18.2 Å². The fourth-order valence-corrected chi connectivity index (χ4v) is 2.97. The number of halogens is 3.